The molecule has 1 aromatic heterocycles. The van der Waals surface area contributed by atoms with E-state index in [0.29, 0.717) is 6.61 Å². The molecule has 2 aromatic rings. The number of nitrogens with one attached hydrogen (secondary N) is 1. The van der Waals surface area contributed by atoms with Gasteiger partial charge in [-0.1, -0.05) is 18.2 Å². The summed E-state index contributed by atoms with van der Waals surface area (Å²) in [4.78, 5) is 3.04. The standard InChI is InChI=1S/C13H16N2O/c1-16-8-6-10-3-2-4-12(13(10)14)11-5-7-15-9-11/h2-5,7,9,15H,6,8,14H2,1H3. The summed E-state index contributed by atoms with van der Waals surface area (Å²) in [7, 11) is 1.70. The van der Waals surface area contributed by atoms with E-state index in [1.165, 1.54) is 0 Å². The third-order valence-corrected chi connectivity index (χ3v) is 2.68. The number of nitrogen functional groups attached to an aromatic ring is 1. The van der Waals surface area contributed by atoms with Crippen LogP contribution in [0.4, 0.5) is 5.69 Å². The minimum Gasteiger partial charge on any atom is -0.398 e. The predicted molar refractivity (Wildman–Crippen MR) is 66.2 cm³/mol. The van der Waals surface area contributed by atoms with Gasteiger partial charge in [0, 0.05) is 36.3 Å². The van der Waals surface area contributed by atoms with Crippen molar-refractivity contribution in [1.82, 2.24) is 4.98 Å². The van der Waals surface area contributed by atoms with Crippen LogP contribution < -0.4 is 5.73 Å². The van der Waals surface area contributed by atoms with Gasteiger partial charge in [-0.25, -0.2) is 0 Å². The molecule has 3 nitrogen and oxygen atoms in total. The summed E-state index contributed by atoms with van der Waals surface area (Å²) in [5, 5.41) is 0. The lowest BCUT2D eigenvalue weighted by Gasteiger charge is -2.09. The molecule has 0 spiro atoms. The van der Waals surface area contributed by atoms with Crippen LogP contribution in [0, 0.1) is 0 Å². The Morgan fingerprint density at radius 2 is 2.19 bits per heavy atom. The maximum atomic E-state index is 6.15. The van der Waals surface area contributed by atoms with Gasteiger partial charge in [-0.15, -0.1) is 0 Å². The van der Waals surface area contributed by atoms with Gasteiger partial charge < -0.3 is 15.5 Å². The molecule has 0 fully saturated rings. The number of rotatable bonds is 4. The summed E-state index contributed by atoms with van der Waals surface area (Å²) in [6.07, 6.45) is 4.70. The van der Waals surface area contributed by atoms with Crippen LogP contribution in [0.5, 0.6) is 0 Å². The Kier molecular flexibility index (Phi) is 3.27. The van der Waals surface area contributed by atoms with Gasteiger partial charge in [-0.2, -0.15) is 0 Å². The van der Waals surface area contributed by atoms with Crippen molar-refractivity contribution in [2.24, 2.45) is 0 Å². The molecule has 3 heteroatoms. The minimum atomic E-state index is 0.695. The third kappa shape index (κ3) is 2.09. The molecule has 1 heterocycles. The smallest absolute Gasteiger partial charge is 0.0503 e. The van der Waals surface area contributed by atoms with Crippen LogP contribution in [0.15, 0.2) is 36.7 Å². The predicted octanol–water partition coefficient (Wildman–Crippen LogP) is 2.45. The molecule has 0 aliphatic carbocycles. The van der Waals surface area contributed by atoms with Gasteiger partial charge >= 0.3 is 0 Å². The topological polar surface area (TPSA) is 51.0 Å². The lowest BCUT2D eigenvalue weighted by Crippen LogP contribution is -2.00. The summed E-state index contributed by atoms with van der Waals surface area (Å²) >= 11 is 0. The van der Waals surface area contributed by atoms with E-state index in [1.807, 2.05) is 36.7 Å². The van der Waals surface area contributed by atoms with Crippen molar-refractivity contribution in [3.05, 3.63) is 42.2 Å². The van der Waals surface area contributed by atoms with Crippen molar-refractivity contribution >= 4 is 5.69 Å². The fourth-order valence-electron chi connectivity index (χ4n) is 1.79. The van der Waals surface area contributed by atoms with Crippen molar-refractivity contribution in [2.75, 3.05) is 19.5 Å². The fourth-order valence-corrected chi connectivity index (χ4v) is 1.79. The second-order valence-corrected chi connectivity index (χ2v) is 3.72. The molecule has 0 unspecified atom stereocenters. The van der Waals surface area contributed by atoms with Crippen molar-refractivity contribution in [3.8, 4) is 11.1 Å². The number of ether oxygens (including phenoxy) is 1. The number of anilines is 1. The van der Waals surface area contributed by atoms with Gasteiger partial charge in [0.05, 0.1) is 6.61 Å². The first-order valence-corrected chi connectivity index (χ1v) is 5.32. The summed E-state index contributed by atoms with van der Waals surface area (Å²) in [5.74, 6) is 0. The Hall–Kier alpha value is -1.74. The van der Waals surface area contributed by atoms with Crippen molar-refractivity contribution in [3.63, 3.8) is 0 Å². The molecule has 0 aliphatic heterocycles. The van der Waals surface area contributed by atoms with Gasteiger partial charge in [0.2, 0.25) is 0 Å². The first-order chi connectivity index (χ1) is 7.83. The molecule has 2 rings (SSSR count). The zero-order valence-electron chi connectivity index (χ0n) is 9.36. The maximum absolute atomic E-state index is 6.15. The van der Waals surface area contributed by atoms with E-state index in [1.54, 1.807) is 7.11 Å². The largest absolute Gasteiger partial charge is 0.398 e. The summed E-state index contributed by atoms with van der Waals surface area (Å²) < 4.78 is 5.07. The molecule has 1 aromatic carbocycles. The Bertz CT molecular complexity index is 449. The highest BCUT2D eigenvalue weighted by Gasteiger charge is 2.06. The Labute approximate surface area is 95.2 Å². The van der Waals surface area contributed by atoms with Crippen LogP contribution in [-0.2, 0) is 11.2 Å². The van der Waals surface area contributed by atoms with E-state index in [-0.39, 0.29) is 0 Å². The van der Waals surface area contributed by atoms with Crippen LogP contribution in [-0.4, -0.2) is 18.7 Å². The number of nitrogens with two attached hydrogens (primary N) is 1. The number of benzene rings is 1. The Morgan fingerprint density at radius 1 is 1.31 bits per heavy atom. The van der Waals surface area contributed by atoms with Crippen LogP contribution in [0.1, 0.15) is 5.56 Å². The number of methoxy groups -OCH3 is 1. The average Bonchev–Trinajstić information content (AvgIpc) is 2.81. The number of hydrogen-bond donors (Lipinski definition) is 2. The second-order valence-electron chi connectivity index (χ2n) is 3.72. The van der Waals surface area contributed by atoms with Crippen molar-refractivity contribution in [2.45, 2.75) is 6.42 Å². The molecule has 0 bridgehead atoms. The monoisotopic (exact) mass is 216 g/mol. The number of H-pyrrole nitrogens is 1. The van der Waals surface area contributed by atoms with Crippen LogP contribution in [0.25, 0.3) is 11.1 Å². The van der Waals surface area contributed by atoms with Gasteiger partial charge in [0.25, 0.3) is 0 Å². The molecule has 0 radical (unpaired) electrons. The normalized spacial score (nSPS) is 10.6. The maximum Gasteiger partial charge on any atom is 0.0503 e. The zero-order valence-corrected chi connectivity index (χ0v) is 9.36. The van der Waals surface area contributed by atoms with Crippen LogP contribution in [0.2, 0.25) is 0 Å². The molecule has 0 atom stereocenters. The van der Waals surface area contributed by atoms with E-state index in [9.17, 15) is 0 Å². The van der Waals surface area contributed by atoms with Gasteiger partial charge in [0.15, 0.2) is 0 Å². The lowest BCUT2D eigenvalue weighted by molar-refractivity contribution is 0.202. The van der Waals surface area contributed by atoms with E-state index >= 15 is 0 Å². The molecule has 3 N–H and O–H groups in total. The minimum absolute atomic E-state index is 0.695. The van der Waals surface area contributed by atoms with E-state index in [2.05, 4.69) is 4.98 Å². The number of hydrogen-bond acceptors (Lipinski definition) is 2. The van der Waals surface area contributed by atoms with Crippen LogP contribution in [0.3, 0.4) is 0 Å². The molecule has 0 saturated carbocycles. The van der Waals surface area contributed by atoms with Crippen molar-refractivity contribution in [1.29, 1.82) is 0 Å². The summed E-state index contributed by atoms with van der Waals surface area (Å²) in [6.45, 7) is 0.695. The molecule has 0 amide bonds. The van der Waals surface area contributed by atoms with Gasteiger partial charge in [-0.05, 0) is 18.1 Å². The Morgan fingerprint density at radius 3 is 2.88 bits per heavy atom. The second kappa shape index (κ2) is 4.86. The lowest BCUT2D eigenvalue weighted by atomic mass is 10.0. The molecule has 16 heavy (non-hydrogen) atoms. The van der Waals surface area contributed by atoms with E-state index in [4.69, 9.17) is 10.5 Å². The van der Waals surface area contributed by atoms with Crippen LogP contribution >= 0.6 is 0 Å². The molecule has 0 aliphatic rings. The molecular weight excluding hydrogens is 200 g/mol. The van der Waals surface area contributed by atoms with E-state index < -0.39 is 0 Å². The third-order valence-electron chi connectivity index (χ3n) is 2.68. The molecule has 84 valence electrons. The fraction of sp³-hybridized carbons (Fsp3) is 0.231. The van der Waals surface area contributed by atoms with Crippen molar-refractivity contribution < 1.29 is 4.74 Å². The first kappa shape index (κ1) is 10.8. The molecule has 0 saturated heterocycles. The SMILES string of the molecule is COCCc1cccc(-c2cc[nH]c2)c1N. The average molecular weight is 216 g/mol. The first-order valence-electron chi connectivity index (χ1n) is 5.32. The highest BCUT2D eigenvalue weighted by atomic mass is 16.5. The van der Waals surface area contributed by atoms with Gasteiger partial charge in [-0.3, -0.25) is 0 Å². The molecular formula is C13H16N2O. The number of aromatic nitrogens is 1. The number of aromatic amines is 1. The number of para-hydroxylation sites is 1. The van der Waals surface area contributed by atoms with E-state index in [0.717, 1.165) is 28.8 Å². The Balaban J connectivity index is 2.33. The zero-order chi connectivity index (χ0) is 11.4. The summed E-state index contributed by atoms with van der Waals surface area (Å²) in [5.41, 5.74) is 10.3. The highest BCUT2D eigenvalue weighted by Crippen LogP contribution is 2.28. The highest BCUT2D eigenvalue weighted by molar-refractivity contribution is 5.78. The van der Waals surface area contributed by atoms with Gasteiger partial charge in [0.1, 0.15) is 0 Å². The quantitative estimate of drug-likeness (QED) is 0.771. The summed E-state index contributed by atoms with van der Waals surface area (Å²) in [6, 6.07) is 8.13.